The van der Waals surface area contributed by atoms with Crippen molar-refractivity contribution in [1.29, 1.82) is 0 Å². The van der Waals surface area contributed by atoms with E-state index in [0.29, 0.717) is 16.3 Å². The first-order valence-corrected chi connectivity index (χ1v) is 5.74. The van der Waals surface area contributed by atoms with Crippen LogP contribution in [0.15, 0.2) is 18.2 Å². The highest BCUT2D eigenvalue weighted by atomic mass is 35.5. The molecule has 0 atom stereocenters. The summed E-state index contributed by atoms with van der Waals surface area (Å²) in [5.41, 5.74) is 1.24. The first-order chi connectivity index (χ1) is 7.42. The lowest BCUT2D eigenvalue weighted by molar-refractivity contribution is -0.117. The molecule has 1 heterocycles. The van der Waals surface area contributed by atoms with Crippen molar-refractivity contribution in [3.05, 3.63) is 28.8 Å². The Hall–Kier alpha value is -0.480. The molecular formula is C10H9Cl3N2O. The molecule has 1 N–H and O–H groups in total. The molecule has 3 nitrogen and oxygen atoms in total. The molecule has 0 radical (unpaired) electrons. The van der Waals surface area contributed by atoms with Gasteiger partial charge in [0.05, 0.1) is 12.2 Å². The van der Waals surface area contributed by atoms with Crippen LogP contribution in [0.2, 0.25) is 5.02 Å². The number of benzene rings is 1. The fraction of sp³-hybridized carbons (Fsp3) is 0.300. The van der Waals surface area contributed by atoms with E-state index in [2.05, 4.69) is 5.32 Å². The first-order valence-electron chi connectivity index (χ1n) is 4.61. The minimum Gasteiger partial charge on any atom is -0.314 e. The maximum Gasteiger partial charge on any atom is 0.240 e. The number of carbonyl (C=O) groups excluding carboxylic acids is 1. The number of rotatable bonds is 0. The second-order valence-corrected chi connectivity index (χ2v) is 5.31. The number of nitrogens with zero attached hydrogens (tertiary/aromatic N) is 1. The highest BCUT2D eigenvalue weighted by Crippen LogP contribution is 2.40. The minimum atomic E-state index is -1.30. The molecule has 0 spiro atoms. The van der Waals surface area contributed by atoms with E-state index in [1.165, 1.54) is 4.90 Å². The van der Waals surface area contributed by atoms with Gasteiger partial charge in [-0.1, -0.05) is 34.8 Å². The van der Waals surface area contributed by atoms with Crippen LogP contribution in [0.25, 0.3) is 0 Å². The van der Waals surface area contributed by atoms with Gasteiger partial charge >= 0.3 is 0 Å². The van der Waals surface area contributed by atoms with Crippen molar-refractivity contribution < 1.29 is 4.79 Å². The van der Waals surface area contributed by atoms with E-state index >= 15 is 0 Å². The number of hydrogen-bond acceptors (Lipinski definition) is 2. The topological polar surface area (TPSA) is 32.3 Å². The van der Waals surface area contributed by atoms with Crippen molar-refractivity contribution in [2.24, 2.45) is 0 Å². The average molecular weight is 280 g/mol. The number of alkyl halides is 2. The van der Waals surface area contributed by atoms with Gasteiger partial charge in [0.2, 0.25) is 5.91 Å². The second-order valence-electron chi connectivity index (χ2n) is 3.54. The molecule has 1 aromatic carbocycles. The highest BCUT2D eigenvalue weighted by molar-refractivity contribution is 6.48. The number of amides is 1. The van der Waals surface area contributed by atoms with Gasteiger partial charge in [0, 0.05) is 17.6 Å². The SMILES string of the molecule is CN1C(=O)CNC(Cl)(Cl)c2cc(Cl)ccc21. The van der Waals surface area contributed by atoms with Crippen molar-refractivity contribution in [2.75, 3.05) is 18.5 Å². The maximum absolute atomic E-state index is 11.7. The van der Waals surface area contributed by atoms with E-state index in [-0.39, 0.29) is 12.5 Å². The van der Waals surface area contributed by atoms with Crippen LogP contribution in [0.3, 0.4) is 0 Å². The van der Waals surface area contributed by atoms with Gasteiger partial charge in [0.1, 0.15) is 0 Å². The molecule has 0 saturated heterocycles. The molecule has 1 aromatic rings. The Morgan fingerprint density at radius 2 is 2.12 bits per heavy atom. The van der Waals surface area contributed by atoms with Gasteiger partial charge in [-0.2, -0.15) is 0 Å². The Morgan fingerprint density at radius 3 is 2.81 bits per heavy atom. The molecule has 86 valence electrons. The van der Waals surface area contributed by atoms with Crippen LogP contribution in [0.4, 0.5) is 5.69 Å². The van der Waals surface area contributed by atoms with Gasteiger partial charge in [-0.3, -0.25) is 10.1 Å². The zero-order valence-corrected chi connectivity index (χ0v) is 10.7. The Labute approximate surface area is 108 Å². The van der Waals surface area contributed by atoms with Crippen LogP contribution in [0.5, 0.6) is 0 Å². The lowest BCUT2D eigenvalue weighted by atomic mass is 10.1. The zero-order chi connectivity index (χ0) is 11.9. The standard InChI is InChI=1S/C10H9Cl3N2O/c1-15-8-3-2-6(11)4-7(8)10(12,13)14-5-9(15)16/h2-4,14H,5H2,1H3. The first kappa shape index (κ1) is 12.0. The molecule has 0 bridgehead atoms. The average Bonchev–Trinajstić information content (AvgIpc) is 2.31. The molecule has 1 aliphatic heterocycles. The number of hydrogen-bond donors (Lipinski definition) is 1. The van der Waals surface area contributed by atoms with Crippen LogP contribution in [-0.4, -0.2) is 19.5 Å². The van der Waals surface area contributed by atoms with Gasteiger partial charge in [0.25, 0.3) is 0 Å². The van der Waals surface area contributed by atoms with Crippen LogP contribution >= 0.6 is 34.8 Å². The summed E-state index contributed by atoms with van der Waals surface area (Å²) in [6, 6.07) is 5.07. The highest BCUT2D eigenvalue weighted by Gasteiger charge is 2.35. The van der Waals surface area contributed by atoms with Crippen molar-refractivity contribution in [1.82, 2.24) is 5.32 Å². The van der Waals surface area contributed by atoms with Gasteiger partial charge in [-0.05, 0) is 18.2 Å². The maximum atomic E-state index is 11.7. The summed E-state index contributed by atoms with van der Waals surface area (Å²) in [6.07, 6.45) is 0. The molecular weight excluding hydrogens is 270 g/mol. The monoisotopic (exact) mass is 278 g/mol. The molecule has 0 unspecified atom stereocenters. The van der Waals surface area contributed by atoms with Gasteiger partial charge in [-0.25, -0.2) is 0 Å². The number of anilines is 1. The fourth-order valence-electron chi connectivity index (χ4n) is 1.59. The van der Waals surface area contributed by atoms with Gasteiger partial charge < -0.3 is 4.90 Å². The molecule has 0 saturated carbocycles. The summed E-state index contributed by atoms with van der Waals surface area (Å²) in [5.74, 6) is -0.105. The van der Waals surface area contributed by atoms with Gasteiger partial charge in [0.15, 0.2) is 4.46 Å². The summed E-state index contributed by atoms with van der Waals surface area (Å²) in [4.78, 5) is 13.2. The lowest BCUT2D eigenvalue weighted by Crippen LogP contribution is -2.36. The van der Waals surface area contributed by atoms with Gasteiger partial charge in [-0.15, -0.1) is 0 Å². The quantitative estimate of drug-likeness (QED) is 0.584. The molecule has 0 aromatic heterocycles. The second kappa shape index (κ2) is 4.08. The molecule has 0 fully saturated rings. The Balaban J connectivity index is 2.63. The number of nitrogens with one attached hydrogen (secondary N) is 1. The smallest absolute Gasteiger partial charge is 0.240 e. The zero-order valence-electron chi connectivity index (χ0n) is 8.43. The number of carbonyl (C=O) groups is 1. The largest absolute Gasteiger partial charge is 0.314 e. The Morgan fingerprint density at radius 1 is 1.44 bits per heavy atom. The third-order valence-corrected chi connectivity index (χ3v) is 3.40. The van der Waals surface area contributed by atoms with Crippen molar-refractivity contribution in [3.63, 3.8) is 0 Å². The summed E-state index contributed by atoms with van der Waals surface area (Å²) in [7, 11) is 1.67. The summed E-state index contributed by atoms with van der Waals surface area (Å²) >= 11 is 18.1. The Kier molecular flexibility index (Phi) is 3.05. The third-order valence-electron chi connectivity index (χ3n) is 2.49. The number of likely N-dealkylation sites (N-methyl/N-ethyl adjacent to an activating group) is 1. The summed E-state index contributed by atoms with van der Waals surface area (Å²) < 4.78 is -1.30. The third kappa shape index (κ3) is 2.00. The van der Waals surface area contributed by atoms with Crippen molar-refractivity contribution in [3.8, 4) is 0 Å². The molecule has 2 rings (SSSR count). The van der Waals surface area contributed by atoms with E-state index in [1.807, 2.05) is 0 Å². The lowest BCUT2D eigenvalue weighted by Gasteiger charge is -2.22. The van der Waals surface area contributed by atoms with E-state index in [0.717, 1.165) is 0 Å². The van der Waals surface area contributed by atoms with E-state index < -0.39 is 4.46 Å². The van der Waals surface area contributed by atoms with Crippen LogP contribution < -0.4 is 10.2 Å². The predicted molar refractivity (Wildman–Crippen MR) is 66.2 cm³/mol. The molecule has 6 heteroatoms. The predicted octanol–water partition coefficient (Wildman–Crippen LogP) is 2.49. The number of halogens is 3. The van der Waals surface area contributed by atoms with Crippen LogP contribution in [0.1, 0.15) is 5.56 Å². The molecule has 1 amide bonds. The van der Waals surface area contributed by atoms with Crippen LogP contribution in [0, 0.1) is 0 Å². The summed E-state index contributed by atoms with van der Waals surface area (Å²) in [5, 5.41) is 3.29. The molecule has 16 heavy (non-hydrogen) atoms. The van der Waals surface area contributed by atoms with Crippen molar-refractivity contribution in [2.45, 2.75) is 4.46 Å². The molecule has 1 aliphatic rings. The number of fused-ring (bicyclic) bond motifs is 1. The Bertz CT molecular complexity index is 448. The van der Waals surface area contributed by atoms with Crippen molar-refractivity contribution >= 4 is 46.4 Å². The fourth-order valence-corrected chi connectivity index (χ4v) is 2.20. The van der Waals surface area contributed by atoms with Crippen LogP contribution in [-0.2, 0) is 9.25 Å². The minimum absolute atomic E-state index is 0.0792. The van der Waals surface area contributed by atoms with E-state index in [4.69, 9.17) is 34.8 Å². The normalized spacial score (nSPS) is 19.2. The van der Waals surface area contributed by atoms with E-state index in [1.54, 1.807) is 25.2 Å². The summed E-state index contributed by atoms with van der Waals surface area (Å²) in [6.45, 7) is 0.0792. The molecule has 0 aliphatic carbocycles. The van der Waals surface area contributed by atoms with E-state index in [9.17, 15) is 4.79 Å².